The fourth-order valence-electron chi connectivity index (χ4n) is 3.18. The first-order valence-electron chi connectivity index (χ1n) is 12.8. The van der Waals surface area contributed by atoms with Crippen molar-refractivity contribution in [3.8, 4) is 0 Å². The number of nitrogens with zero attached hydrogens (tertiary/aromatic N) is 1. The molecule has 40 heavy (non-hydrogen) atoms. The largest absolute Gasteiger partial charge is 0.459 e. The number of non-ortho nitro benzene ring substituents is 1. The summed E-state index contributed by atoms with van der Waals surface area (Å²) >= 11 is 0. The van der Waals surface area contributed by atoms with E-state index < -0.39 is 65.0 Å². The Labute approximate surface area is 233 Å². The zero-order valence-corrected chi connectivity index (χ0v) is 23.9. The van der Waals surface area contributed by atoms with Crippen molar-refractivity contribution in [1.82, 2.24) is 21.3 Å². The Bertz CT molecular complexity index is 1070. The second-order valence-corrected chi connectivity index (χ2v) is 10.6. The first-order chi connectivity index (χ1) is 18.5. The van der Waals surface area contributed by atoms with E-state index in [1.165, 1.54) is 38.1 Å². The summed E-state index contributed by atoms with van der Waals surface area (Å²) in [6, 6.07) is 2.46. The molecule has 1 rings (SSSR count). The number of carbonyl (C=O) groups excluding carboxylic acids is 5. The molecule has 0 aliphatic heterocycles. The number of benzene rings is 1. The lowest BCUT2D eigenvalue weighted by atomic mass is 10.0. The van der Waals surface area contributed by atoms with Gasteiger partial charge in [-0.2, -0.15) is 0 Å². The Kier molecular flexibility index (Phi) is 13.0. The smallest absolute Gasteiger partial charge is 0.408 e. The molecular formula is C26H39N5O9. The summed E-state index contributed by atoms with van der Waals surface area (Å²) in [5, 5.41) is 20.5. The molecule has 14 heteroatoms. The van der Waals surface area contributed by atoms with Gasteiger partial charge in [0.25, 0.3) is 5.69 Å². The van der Waals surface area contributed by atoms with Gasteiger partial charge in [-0.25, -0.2) is 9.59 Å². The molecule has 0 aromatic heterocycles. The number of rotatable bonds is 13. The maximum absolute atomic E-state index is 12.7. The summed E-state index contributed by atoms with van der Waals surface area (Å²) in [5.74, 6) is -2.61. The number of hydrogen-bond donors (Lipinski definition) is 4. The van der Waals surface area contributed by atoms with E-state index in [1.54, 1.807) is 20.8 Å². The van der Waals surface area contributed by atoms with E-state index >= 15 is 0 Å². The van der Waals surface area contributed by atoms with Crippen LogP contribution in [0.3, 0.4) is 0 Å². The van der Waals surface area contributed by atoms with Crippen molar-refractivity contribution >= 4 is 35.5 Å². The number of carbonyl (C=O) groups is 5. The standard InChI is InChI=1S/C26H39N5O9/c1-15(2)12-20(30-22(33)16(3)29-25(36)40-26(5,6)7)23(34)27-13-21(32)28-17(4)24(35)39-14-18-8-10-19(11-9-18)31(37)38/h8-11,15-17,20H,12-14H2,1-7H3,(H,27,34)(H,28,32)(H,29,36)(H,30,33). The van der Waals surface area contributed by atoms with Gasteiger partial charge < -0.3 is 30.7 Å². The van der Waals surface area contributed by atoms with Crippen molar-refractivity contribution in [2.45, 2.75) is 85.2 Å². The molecule has 0 radical (unpaired) electrons. The Morgan fingerprint density at radius 1 is 0.900 bits per heavy atom. The first kappa shape index (κ1) is 33.8. The molecule has 0 saturated heterocycles. The van der Waals surface area contributed by atoms with Crippen molar-refractivity contribution in [2.75, 3.05) is 6.54 Å². The summed E-state index contributed by atoms with van der Waals surface area (Å²) in [6.07, 6.45) is -0.513. The van der Waals surface area contributed by atoms with Crippen molar-refractivity contribution in [3.63, 3.8) is 0 Å². The van der Waals surface area contributed by atoms with Gasteiger partial charge in [0.1, 0.15) is 30.3 Å². The number of amides is 4. The SMILES string of the molecule is CC(C)CC(NC(=O)C(C)NC(=O)OC(C)(C)C)C(=O)NCC(=O)NC(C)C(=O)OCc1ccc([N+](=O)[O-])cc1. The van der Waals surface area contributed by atoms with Gasteiger partial charge in [0.2, 0.25) is 17.7 Å². The van der Waals surface area contributed by atoms with Crippen LogP contribution in [-0.4, -0.2) is 65.0 Å². The third kappa shape index (κ3) is 13.0. The van der Waals surface area contributed by atoms with E-state index in [0.29, 0.717) is 5.56 Å². The number of hydrogen-bond acceptors (Lipinski definition) is 9. The third-order valence-corrected chi connectivity index (χ3v) is 5.15. The Balaban J connectivity index is 2.57. The van der Waals surface area contributed by atoms with Gasteiger partial charge >= 0.3 is 12.1 Å². The summed E-state index contributed by atoms with van der Waals surface area (Å²) in [6.45, 7) is 11.0. The Morgan fingerprint density at radius 2 is 1.50 bits per heavy atom. The fraction of sp³-hybridized carbons (Fsp3) is 0.577. The number of ether oxygens (including phenoxy) is 2. The van der Waals surface area contributed by atoms with E-state index in [1.807, 2.05) is 13.8 Å². The average Bonchev–Trinajstić information content (AvgIpc) is 2.83. The normalized spacial score (nSPS) is 13.3. The second-order valence-electron chi connectivity index (χ2n) is 10.6. The maximum atomic E-state index is 12.7. The van der Waals surface area contributed by atoms with Gasteiger partial charge in [-0.05, 0) is 64.7 Å². The highest BCUT2D eigenvalue weighted by Gasteiger charge is 2.27. The number of alkyl carbamates (subject to hydrolysis) is 1. The molecule has 1 aromatic carbocycles. The molecule has 0 aliphatic rings. The van der Waals surface area contributed by atoms with Crippen LogP contribution in [0.2, 0.25) is 0 Å². The van der Waals surface area contributed by atoms with E-state index in [-0.39, 0.29) is 24.6 Å². The minimum Gasteiger partial charge on any atom is -0.459 e. The molecule has 0 spiro atoms. The van der Waals surface area contributed by atoms with Crippen molar-refractivity contribution in [2.24, 2.45) is 5.92 Å². The highest BCUT2D eigenvalue weighted by Crippen LogP contribution is 2.13. The molecule has 222 valence electrons. The minimum absolute atomic E-state index is 0.0181. The van der Waals surface area contributed by atoms with Crippen molar-refractivity contribution in [3.05, 3.63) is 39.9 Å². The molecule has 3 unspecified atom stereocenters. The van der Waals surface area contributed by atoms with Crippen LogP contribution >= 0.6 is 0 Å². The highest BCUT2D eigenvalue weighted by molar-refractivity contribution is 5.93. The van der Waals surface area contributed by atoms with Gasteiger partial charge in [-0.3, -0.25) is 24.5 Å². The summed E-state index contributed by atoms with van der Waals surface area (Å²) in [7, 11) is 0. The number of nitro benzene ring substituents is 1. The van der Waals surface area contributed by atoms with Crippen LogP contribution in [-0.2, 0) is 35.3 Å². The summed E-state index contributed by atoms with van der Waals surface area (Å²) in [4.78, 5) is 72.0. The molecule has 0 saturated carbocycles. The number of esters is 1. The third-order valence-electron chi connectivity index (χ3n) is 5.15. The highest BCUT2D eigenvalue weighted by atomic mass is 16.6. The fourth-order valence-corrected chi connectivity index (χ4v) is 3.18. The second kappa shape index (κ2) is 15.4. The molecule has 4 amide bonds. The van der Waals surface area contributed by atoms with Crippen molar-refractivity contribution in [1.29, 1.82) is 0 Å². The molecule has 0 bridgehead atoms. The molecule has 0 heterocycles. The van der Waals surface area contributed by atoms with E-state index in [4.69, 9.17) is 9.47 Å². The van der Waals surface area contributed by atoms with Crippen LogP contribution in [0.4, 0.5) is 10.5 Å². The monoisotopic (exact) mass is 565 g/mol. The predicted octanol–water partition coefficient (Wildman–Crippen LogP) is 1.70. The van der Waals surface area contributed by atoms with Gasteiger partial charge in [-0.15, -0.1) is 0 Å². The van der Waals surface area contributed by atoms with Gasteiger partial charge in [0.15, 0.2) is 0 Å². The van der Waals surface area contributed by atoms with Gasteiger partial charge in [0, 0.05) is 12.1 Å². The van der Waals surface area contributed by atoms with Gasteiger partial charge in [0.05, 0.1) is 11.5 Å². The lowest BCUT2D eigenvalue weighted by Crippen LogP contribution is -2.54. The average molecular weight is 566 g/mol. The number of nitrogens with one attached hydrogen (secondary N) is 4. The topological polar surface area (TPSA) is 195 Å². The van der Waals surface area contributed by atoms with Crippen LogP contribution in [0.15, 0.2) is 24.3 Å². The Morgan fingerprint density at radius 3 is 2.02 bits per heavy atom. The van der Waals surface area contributed by atoms with E-state index in [9.17, 15) is 34.1 Å². The van der Waals surface area contributed by atoms with Crippen LogP contribution in [0, 0.1) is 16.0 Å². The van der Waals surface area contributed by atoms with E-state index in [2.05, 4.69) is 21.3 Å². The molecule has 4 N–H and O–H groups in total. The predicted molar refractivity (Wildman–Crippen MR) is 144 cm³/mol. The lowest BCUT2D eigenvalue weighted by Gasteiger charge is -2.24. The molecule has 0 fully saturated rings. The quantitative estimate of drug-likeness (QED) is 0.156. The van der Waals surface area contributed by atoms with Crippen LogP contribution in [0.5, 0.6) is 0 Å². The minimum atomic E-state index is -1.03. The molecule has 0 aliphatic carbocycles. The zero-order chi connectivity index (χ0) is 30.6. The van der Waals surface area contributed by atoms with Crippen LogP contribution in [0.25, 0.3) is 0 Å². The summed E-state index contributed by atoms with van der Waals surface area (Å²) < 4.78 is 10.3. The number of nitro groups is 1. The van der Waals surface area contributed by atoms with Crippen LogP contribution < -0.4 is 21.3 Å². The zero-order valence-electron chi connectivity index (χ0n) is 23.9. The maximum Gasteiger partial charge on any atom is 0.408 e. The molecule has 1 aromatic rings. The Hall–Kier alpha value is -4.23. The molecule has 14 nitrogen and oxygen atoms in total. The van der Waals surface area contributed by atoms with Gasteiger partial charge in [-0.1, -0.05) is 13.8 Å². The van der Waals surface area contributed by atoms with Crippen molar-refractivity contribution < 1.29 is 38.4 Å². The van der Waals surface area contributed by atoms with E-state index in [0.717, 1.165) is 0 Å². The van der Waals surface area contributed by atoms with Crippen LogP contribution in [0.1, 0.15) is 60.5 Å². The summed E-state index contributed by atoms with van der Waals surface area (Å²) in [5.41, 5.74) is -0.318. The molecular weight excluding hydrogens is 526 g/mol. The molecule has 3 atom stereocenters. The first-order valence-corrected chi connectivity index (χ1v) is 12.8. The lowest BCUT2D eigenvalue weighted by molar-refractivity contribution is -0.384.